The third kappa shape index (κ3) is 3.56. The van der Waals surface area contributed by atoms with E-state index in [1.807, 2.05) is 22.8 Å². The van der Waals surface area contributed by atoms with Crippen molar-refractivity contribution < 1.29 is 14.3 Å². The average molecular weight is 380 g/mol. The lowest BCUT2D eigenvalue weighted by Crippen LogP contribution is -2.47. The molecule has 2 atom stereocenters. The topological polar surface area (TPSA) is 75.6 Å². The Bertz CT molecular complexity index is 858. The van der Waals surface area contributed by atoms with Crippen molar-refractivity contribution in [2.45, 2.75) is 25.8 Å². The van der Waals surface area contributed by atoms with Gasteiger partial charge in [0.25, 0.3) is 11.8 Å². The molecule has 0 N–H and O–H groups in total. The molecule has 0 radical (unpaired) electrons. The van der Waals surface area contributed by atoms with Gasteiger partial charge < -0.3 is 14.5 Å². The Kier molecular flexibility index (Phi) is 5.23. The quantitative estimate of drug-likeness (QED) is 0.813. The summed E-state index contributed by atoms with van der Waals surface area (Å²) in [5.74, 6) is 0.501. The Hall–Kier alpha value is -2.96. The first-order valence-electron chi connectivity index (χ1n) is 9.76. The predicted molar refractivity (Wildman–Crippen MR) is 103 cm³/mol. The van der Waals surface area contributed by atoms with E-state index >= 15 is 0 Å². The highest BCUT2D eigenvalue weighted by Crippen LogP contribution is 2.31. The number of carbonyl (C=O) groups is 2. The van der Waals surface area contributed by atoms with Crippen LogP contribution in [0.4, 0.5) is 0 Å². The van der Waals surface area contributed by atoms with Crippen LogP contribution >= 0.6 is 0 Å². The van der Waals surface area contributed by atoms with E-state index in [1.165, 1.54) is 0 Å². The first-order valence-corrected chi connectivity index (χ1v) is 9.76. The average Bonchev–Trinajstić information content (AvgIpc) is 3.06. The minimum Gasteiger partial charge on any atom is -0.477 e. The fourth-order valence-electron chi connectivity index (χ4n) is 4.11. The van der Waals surface area contributed by atoms with Crippen LogP contribution in [0.15, 0.2) is 42.7 Å². The number of amides is 2. The molecule has 2 bridgehead atoms. The summed E-state index contributed by atoms with van der Waals surface area (Å²) >= 11 is 0. The third-order valence-electron chi connectivity index (χ3n) is 5.43. The van der Waals surface area contributed by atoms with Gasteiger partial charge in [-0.05, 0) is 49.9 Å². The van der Waals surface area contributed by atoms with Crippen LogP contribution in [0.5, 0.6) is 5.88 Å². The molecule has 7 heteroatoms. The number of nitrogens with zero attached hydrogens (tertiary/aromatic N) is 4. The minimum atomic E-state index is -0.0709. The summed E-state index contributed by atoms with van der Waals surface area (Å²) in [5.41, 5.74) is 0.937. The van der Waals surface area contributed by atoms with Gasteiger partial charge in [-0.25, -0.2) is 4.98 Å². The van der Waals surface area contributed by atoms with Crippen LogP contribution in [0.1, 0.15) is 40.6 Å². The van der Waals surface area contributed by atoms with Gasteiger partial charge in [0.15, 0.2) is 0 Å². The molecule has 0 aliphatic carbocycles. The number of hydrogen-bond donors (Lipinski definition) is 0. The molecule has 5 heterocycles. The van der Waals surface area contributed by atoms with Crippen molar-refractivity contribution in [3.05, 3.63) is 54.0 Å². The Labute approximate surface area is 164 Å². The predicted octanol–water partition coefficient (Wildman–Crippen LogP) is 2.25. The van der Waals surface area contributed by atoms with Crippen molar-refractivity contribution in [1.29, 1.82) is 0 Å². The molecule has 146 valence electrons. The molecule has 2 aromatic rings. The maximum Gasteiger partial charge on any atom is 0.272 e. The second kappa shape index (κ2) is 7.96. The summed E-state index contributed by atoms with van der Waals surface area (Å²) in [6.45, 7) is 4.16. The van der Waals surface area contributed by atoms with E-state index in [1.54, 1.807) is 36.7 Å². The van der Waals surface area contributed by atoms with Gasteiger partial charge in [-0.3, -0.25) is 14.6 Å². The monoisotopic (exact) mass is 380 g/mol. The summed E-state index contributed by atoms with van der Waals surface area (Å²) in [5, 5.41) is 0. The summed E-state index contributed by atoms with van der Waals surface area (Å²) in [7, 11) is 0. The lowest BCUT2D eigenvalue weighted by molar-refractivity contribution is 0.0569. The van der Waals surface area contributed by atoms with Gasteiger partial charge in [-0.15, -0.1) is 0 Å². The number of piperidine rings is 1. The number of pyridine rings is 2. The van der Waals surface area contributed by atoms with Crippen LogP contribution in [0.25, 0.3) is 0 Å². The molecule has 2 aromatic heterocycles. The first kappa shape index (κ1) is 18.4. The molecular formula is C21H24N4O3. The number of rotatable bonds is 4. The van der Waals surface area contributed by atoms with Crippen molar-refractivity contribution >= 4 is 11.8 Å². The zero-order valence-electron chi connectivity index (χ0n) is 16.0. The zero-order valence-corrected chi connectivity index (χ0v) is 16.0. The fraction of sp³-hybridized carbons (Fsp3) is 0.429. The van der Waals surface area contributed by atoms with E-state index in [9.17, 15) is 9.59 Å². The Morgan fingerprint density at radius 3 is 2.68 bits per heavy atom. The van der Waals surface area contributed by atoms with E-state index in [0.717, 1.165) is 12.8 Å². The van der Waals surface area contributed by atoms with Gasteiger partial charge >= 0.3 is 0 Å². The second-order valence-corrected chi connectivity index (χ2v) is 7.27. The highest BCUT2D eigenvalue weighted by Gasteiger charge is 2.39. The molecule has 3 fully saturated rings. The van der Waals surface area contributed by atoms with Crippen molar-refractivity contribution in [1.82, 2.24) is 19.8 Å². The minimum absolute atomic E-state index is 0.00593. The van der Waals surface area contributed by atoms with Crippen LogP contribution < -0.4 is 4.74 Å². The molecule has 5 rings (SSSR count). The molecule has 3 saturated heterocycles. The van der Waals surface area contributed by atoms with Crippen LogP contribution in [-0.2, 0) is 0 Å². The number of ether oxygens (including phenoxy) is 1. The molecule has 0 spiro atoms. The van der Waals surface area contributed by atoms with Gasteiger partial charge in [0.05, 0.1) is 6.61 Å². The largest absolute Gasteiger partial charge is 0.477 e. The maximum absolute atomic E-state index is 13.3. The van der Waals surface area contributed by atoms with E-state index in [4.69, 9.17) is 4.74 Å². The molecule has 28 heavy (non-hydrogen) atoms. The molecule has 0 aromatic carbocycles. The smallest absolute Gasteiger partial charge is 0.272 e. The molecule has 7 nitrogen and oxygen atoms in total. The lowest BCUT2D eigenvalue weighted by Gasteiger charge is -2.36. The fourth-order valence-corrected chi connectivity index (χ4v) is 4.11. The number of fused-ring (bicyclic) bond motifs is 4. The molecule has 2 amide bonds. The maximum atomic E-state index is 13.3. The number of hydrogen-bond acceptors (Lipinski definition) is 5. The van der Waals surface area contributed by atoms with E-state index in [0.29, 0.717) is 43.4 Å². The van der Waals surface area contributed by atoms with Crippen molar-refractivity contribution in [2.24, 2.45) is 5.92 Å². The summed E-state index contributed by atoms with van der Waals surface area (Å²) < 4.78 is 5.55. The number of aromatic nitrogens is 2. The van der Waals surface area contributed by atoms with Crippen LogP contribution in [0.3, 0.4) is 0 Å². The van der Waals surface area contributed by atoms with Crippen molar-refractivity contribution in [2.75, 3.05) is 26.2 Å². The van der Waals surface area contributed by atoms with Gasteiger partial charge in [-0.2, -0.15) is 0 Å². The second-order valence-electron chi connectivity index (χ2n) is 7.27. The van der Waals surface area contributed by atoms with Crippen molar-refractivity contribution in [3.8, 4) is 5.88 Å². The molecule has 0 saturated carbocycles. The van der Waals surface area contributed by atoms with Crippen molar-refractivity contribution in [3.63, 3.8) is 0 Å². The van der Waals surface area contributed by atoms with E-state index in [2.05, 4.69) is 9.97 Å². The van der Waals surface area contributed by atoms with Crippen LogP contribution in [0.2, 0.25) is 0 Å². The Morgan fingerprint density at radius 1 is 1.04 bits per heavy atom. The van der Waals surface area contributed by atoms with Gasteiger partial charge in [0, 0.05) is 38.1 Å². The zero-order chi connectivity index (χ0) is 19.5. The standard InChI is InChI=1S/C21H24N4O3/c1-2-28-19-17(6-5-11-23-19)20(26)25-13-15-8-9-16(25)14-24(12-15)21(27)18-7-3-4-10-22-18/h3-7,10-11,15-16H,2,8-9,12-14H2,1H3/t15-,16+/m0/s1. The summed E-state index contributed by atoms with van der Waals surface area (Å²) in [6, 6.07) is 8.86. The summed E-state index contributed by atoms with van der Waals surface area (Å²) in [6.07, 6.45) is 5.18. The molecule has 3 aliphatic heterocycles. The first-order chi connectivity index (χ1) is 13.7. The number of carbonyl (C=O) groups excluding carboxylic acids is 2. The lowest BCUT2D eigenvalue weighted by atomic mass is 9.94. The third-order valence-corrected chi connectivity index (χ3v) is 5.43. The van der Waals surface area contributed by atoms with Gasteiger partial charge in [0.1, 0.15) is 11.3 Å². The molecule has 3 aliphatic rings. The molecule has 0 unspecified atom stereocenters. The highest BCUT2D eigenvalue weighted by atomic mass is 16.5. The van der Waals surface area contributed by atoms with Gasteiger partial charge in [0.2, 0.25) is 5.88 Å². The van der Waals surface area contributed by atoms with E-state index < -0.39 is 0 Å². The van der Waals surface area contributed by atoms with E-state index in [-0.39, 0.29) is 23.8 Å². The normalized spacial score (nSPS) is 21.3. The SMILES string of the molecule is CCOc1ncccc1C(=O)N1C[C@H]2CC[C@@H]1CN(C(=O)c1ccccn1)C2. The summed E-state index contributed by atoms with van der Waals surface area (Å²) in [4.78, 5) is 38.3. The van der Waals surface area contributed by atoms with Gasteiger partial charge in [-0.1, -0.05) is 6.07 Å². The highest BCUT2D eigenvalue weighted by molar-refractivity contribution is 5.97. The Morgan fingerprint density at radius 2 is 1.89 bits per heavy atom. The van der Waals surface area contributed by atoms with Crippen LogP contribution in [-0.4, -0.2) is 63.9 Å². The molecular weight excluding hydrogens is 356 g/mol. The van der Waals surface area contributed by atoms with Crippen LogP contribution in [0, 0.1) is 5.92 Å². The Balaban J connectivity index is 1.56.